The summed E-state index contributed by atoms with van der Waals surface area (Å²) in [6.07, 6.45) is 0.729. The lowest BCUT2D eigenvalue weighted by Crippen LogP contribution is -2.46. The molecule has 3 N–H and O–H groups in total. The van der Waals surface area contributed by atoms with E-state index in [1.807, 2.05) is 0 Å². The minimum atomic E-state index is -0.988. The summed E-state index contributed by atoms with van der Waals surface area (Å²) in [7, 11) is 0. The Morgan fingerprint density at radius 2 is 1.90 bits per heavy atom. The van der Waals surface area contributed by atoms with Crippen molar-refractivity contribution in [2.75, 3.05) is 19.8 Å². The average Bonchev–Trinajstić information content (AvgIpc) is 2.46. The van der Waals surface area contributed by atoms with Crippen molar-refractivity contribution in [3.63, 3.8) is 0 Å². The maximum Gasteiger partial charge on any atom is 0.311 e. The van der Waals surface area contributed by atoms with E-state index in [4.69, 9.17) is 4.74 Å². The van der Waals surface area contributed by atoms with Crippen LogP contribution in [0.15, 0.2) is 24.3 Å². The molecule has 1 amide bonds. The third kappa shape index (κ3) is 2.91. The molecule has 1 aliphatic rings. The number of carboxylic acid groups (broad SMARTS) is 1. The Morgan fingerprint density at radius 1 is 1.25 bits per heavy atom. The van der Waals surface area contributed by atoms with E-state index in [-0.39, 0.29) is 17.9 Å². The summed E-state index contributed by atoms with van der Waals surface area (Å²) >= 11 is 0. The van der Waals surface area contributed by atoms with Crippen molar-refractivity contribution in [2.24, 2.45) is 5.41 Å². The average molecular weight is 279 g/mol. The van der Waals surface area contributed by atoms with Gasteiger partial charge < -0.3 is 20.3 Å². The lowest BCUT2D eigenvalue weighted by atomic mass is 9.80. The summed E-state index contributed by atoms with van der Waals surface area (Å²) in [6, 6.07) is 6.15. The fourth-order valence-electron chi connectivity index (χ4n) is 2.24. The first kappa shape index (κ1) is 14.3. The van der Waals surface area contributed by atoms with Crippen LogP contribution >= 0.6 is 0 Å². The Kier molecular flexibility index (Phi) is 4.24. The number of carbonyl (C=O) groups excluding carboxylic acids is 1. The van der Waals surface area contributed by atoms with Gasteiger partial charge in [-0.05, 0) is 25.0 Å². The van der Waals surface area contributed by atoms with Crippen LogP contribution in [0.1, 0.15) is 23.2 Å². The SMILES string of the molecule is O=C(NCC1(C(=O)O)CCOCC1)c1ccccc1O. The van der Waals surface area contributed by atoms with E-state index in [2.05, 4.69) is 5.32 Å². The van der Waals surface area contributed by atoms with Gasteiger partial charge in [0.1, 0.15) is 5.75 Å². The molecule has 6 heteroatoms. The molecular weight excluding hydrogens is 262 g/mol. The van der Waals surface area contributed by atoms with Crippen LogP contribution in [0, 0.1) is 5.41 Å². The molecule has 0 atom stereocenters. The second-order valence-corrected chi connectivity index (χ2v) is 4.90. The fraction of sp³-hybridized carbons (Fsp3) is 0.429. The summed E-state index contributed by atoms with van der Waals surface area (Å²) in [5.74, 6) is -1.53. The molecule has 0 bridgehead atoms. The number of carboxylic acids is 1. The summed E-state index contributed by atoms with van der Waals surface area (Å²) < 4.78 is 5.17. The first-order valence-corrected chi connectivity index (χ1v) is 6.42. The molecule has 0 spiro atoms. The highest BCUT2D eigenvalue weighted by molar-refractivity contribution is 5.97. The van der Waals surface area contributed by atoms with Crippen molar-refractivity contribution in [1.82, 2.24) is 5.32 Å². The maximum absolute atomic E-state index is 12.0. The zero-order valence-corrected chi connectivity index (χ0v) is 11.0. The number of nitrogens with one attached hydrogen (secondary N) is 1. The molecule has 6 nitrogen and oxygen atoms in total. The Hall–Kier alpha value is -2.08. The molecule has 2 rings (SSSR count). The number of ether oxygens (including phenoxy) is 1. The Bertz CT molecular complexity index is 508. The van der Waals surface area contributed by atoms with Crippen molar-refractivity contribution in [3.05, 3.63) is 29.8 Å². The third-order valence-corrected chi connectivity index (χ3v) is 3.64. The van der Waals surface area contributed by atoms with E-state index in [9.17, 15) is 19.8 Å². The summed E-state index contributed by atoms with van der Waals surface area (Å²) in [4.78, 5) is 23.4. The number of aromatic hydroxyl groups is 1. The summed E-state index contributed by atoms with van der Waals surface area (Å²) in [5, 5.41) is 21.6. The van der Waals surface area contributed by atoms with E-state index in [0.717, 1.165) is 0 Å². The van der Waals surface area contributed by atoms with Crippen molar-refractivity contribution in [2.45, 2.75) is 12.8 Å². The first-order valence-electron chi connectivity index (χ1n) is 6.42. The highest BCUT2D eigenvalue weighted by Crippen LogP contribution is 2.30. The maximum atomic E-state index is 12.0. The van der Waals surface area contributed by atoms with Gasteiger partial charge in [0.15, 0.2) is 0 Å². The van der Waals surface area contributed by atoms with Gasteiger partial charge in [-0.2, -0.15) is 0 Å². The van der Waals surface area contributed by atoms with E-state index in [1.165, 1.54) is 12.1 Å². The van der Waals surface area contributed by atoms with Gasteiger partial charge in [0, 0.05) is 19.8 Å². The van der Waals surface area contributed by atoms with Crippen LogP contribution in [0.3, 0.4) is 0 Å². The second-order valence-electron chi connectivity index (χ2n) is 4.90. The third-order valence-electron chi connectivity index (χ3n) is 3.64. The van der Waals surface area contributed by atoms with Gasteiger partial charge in [0.05, 0.1) is 11.0 Å². The number of phenols is 1. The van der Waals surface area contributed by atoms with E-state index >= 15 is 0 Å². The van der Waals surface area contributed by atoms with Crippen LogP contribution in [-0.4, -0.2) is 41.8 Å². The highest BCUT2D eigenvalue weighted by atomic mass is 16.5. The van der Waals surface area contributed by atoms with Gasteiger partial charge in [-0.15, -0.1) is 0 Å². The Morgan fingerprint density at radius 3 is 2.50 bits per heavy atom. The topological polar surface area (TPSA) is 95.9 Å². The summed E-state index contributed by atoms with van der Waals surface area (Å²) in [5.41, 5.74) is -0.849. The molecule has 1 heterocycles. The van der Waals surface area contributed by atoms with Gasteiger partial charge in [0.25, 0.3) is 5.91 Å². The zero-order chi connectivity index (χ0) is 14.6. The standard InChI is InChI=1S/C14H17NO5/c16-11-4-2-1-3-10(11)12(17)15-9-14(13(18)19)5-7-20-8-6-14/h1-4,16H,5-9H2,(H,15,17)(H,18,19). The van der Waals surface area contributed by atoms with Gasteiger partial charge >= 0.3 is 5.97 Å². The van der Waals surface area contributed by atoms with Crippen molar-refractivity contribution in [3.8, 4) is 5.75 Å². The molecule has 0 saturated carbocycles. The number of hydrogen-bond acceptors (Lipinski definition) is 4. The second kappa shape index (κ2) is 5.92. The predicted molar refractivity (Wildman–Crippen MR) is 70.6 cm³/mol. The Labute approximate surface area is 116 Å². The largest absolute Gasteiger partial charge is 0.507 e. The molecule has 0 unspecified atom stereocenters. The fourth-order valence-corrected chi connectivity index (χ4v) is 2.24. The van der Waals surface area contributed by atoms with Crippen LogP contribution in [0.2, 0.25) is 0 Å². The number of amides is 1. The number of para-hydroxylation sites is 1. The van der Waals surface area contributed by atoms with Crippen LogP contribution in [0.25, 0.3) is 0 Å². The number of rotatable bonds is 4. The van der Waals surface area contributed by atoms with E-state index in [1.54, 1.807) is 12.1 Å². The van der Waals surface area contributed by atoms with Gasteiger partial charge in [-0.25, -0.2) is 0 Å². The molecule has 0 aliphatic carbocycles. The van der Waals surface area contributed by atoms with E-state index in [0.29, 0.717) is 26.1 Å². The van der Waals surface area contributed by atoms with E-state index < -0.39 is 17.3 Å². The number of hydrogen-bond donors (Lipinski definition) is 3. The van der Waals surface area contributed by atoms with Crippen molar-refractivity contribution < 1.29 is 24.5 Å². The number of aliphatic carboxylic acids is 1. The lowest BCUT2D eigenvalue weighted by molar-refractivity contribution is -0.154. The summed E-state index contributed by atoms with van der Waals surface area (Å²) in [6.45, 7) is 0.774. The molecule has 1 saturated heterocycles. The quantitative estimate of drug-likeness (QED) is 0.764. The van der Waals surface area contributed by atoms with Crippen molar-refractivity contribution >= 4 is 11.9 Å². The van der Waals surface area contributed by atoms with Gasteiger partial charge in [-0.3, -0.25) is 9.59 Å². The van der Waals surface area contributed by atoms with Crippen LogP contribution < -0.4 is 5.32 Å². The molecule has 1 aliphatic heterocycles. The smallest absolute Gasteiger partial charge is 0.311 e. The van der Waals surface area contributed by atoms with Crippen LogP contribution in [-0.2, 0) is 9.53 Å². The van der Waals surface area contributed by atoms with Gasteiger partial charge in [-0.1, -0.05) is 12.1 Å². The van der Waals surface area contributed by atoms with Crippen molar-refractivity contribution in [1.29, 1.82) is 0 Å². The molecule has 0 radical (unpaired) electrons. The molecule has 1 fully saturated rings. The minimum Gasteiger partial charge on any atom is -0.507 e. The van der Waals surface area contributed by atoms with Crippen LogP contribution in [0.5, 0.6) is 5.75 Å². The first-order chi connectivity index (χ1) is 9.55. The molecule has 1 aromatic carbocycles. The predicted octanol–water partition coefficient (Wildman–Crippen LogP) is 1.00. The zero-order valence-electron chi connectivity index (χ0n) is 11.0. The highest BCUT2D eigenvalue weighted by Gasteiger charge is 2.40. The monoisotopic (exact) mass is 279 g/mol. The minimum absolute atomic E-state index is 0.0266. The molecule has 20 heavy (non-hydrogen) atoms. The molecular formula is C14H17NO5. The Balaban J connectivity index is 2.05. The molecule has 1 aromatic rings. The number of carbonyl (C=O) groups is 2. The molecule has 108 valence electrons. The van der Waals surface area contributed by atoms with Gasteiger partial charge in [0.2, 0.25) is 0 Å². The normalized spacial score (nSPS) is 17.4. The number of benzene rings is 1. The van der Waals surface area contributed by atoms with Crippen LogP contribution in [0.4, 0.5) is 0 Å². The molecule has 0 aromatic heterocycles. The number of phenolic OH excluding ortho intramolecular Hbond substituents is 1. The lowest BCUT2D eigenvalue weighted by Gasteiger charge is -2.33.